The molecule has 0 aliphatic heterocycles. The molecule has 0 fully saturated rings. The van der Waals surface area contributed by atoms with Crippen molar-refractivity contribution >= 4 is 34.3 Å². The second-order valence-electron chi connectivity index (χ2n) is 6.65. The number of nitrogens with zero attached hydrogens (tertiary/aromatic N) is 2. The van der Waals surface area contributed by atoms with Crippen LogP contribution in [-0.4, -0.2) is 27.0 Å². The van der Waals surface area contributed by atoms with Crippen LogP contribution in [0.1, 0.15) is 37.5 Å². The fraction of sp³-hybridized carbons (Fsp3) is 0.0435. The van der Waals surface area contributed by atoms with Gasteiger partial charge in [0, 0.05) is 23.3 Å². The topological polar surface area (TPSA) is 99.8 Å². The smallest absolute Gasteiger partial charge is 0.274 e. The molecule has 152 valence electrons. The van der Waals surface area contributed by atoms with Crippen molar-refractivity contribution in [3.63, 3.8) is 0 Å². The van der Waals surface area contributed by atoms with E-state index in [0.29, 0.717) is 21.7 Å². The lowest BCUT2D eigenvalue weighted by atomic mass is 10.1. The van der Waals surface area contributed by atoms with Crippen molar-refractivity contribution in [3.8, 4) is 11.8 Å². The van der Waals surface area contributed by atoms with Crippen LogP contribution in [0, 0.1) is 18.8 Å². The Bertz CT molecular complexity index is 1350. The molecule has 4 aromatic rings. The lowest BCUT2D eigenvalue weighted by molar-refractivity contribution is 0.0846. The lowest BCUT2D eigenvalue weighted by Gasteiger charge is -2.10. The summed E-state index contributed by atoms with van der Waals surface area (Å²) in [5.74, 6) is 4.75. The zero-order valence-corrected chi connectivity index (χ0v) is 17.1. The molecule has 0 aliphatic carbocycles. The van der Waals surface area contributed by atoms with Gasteiger partial charge in [-0.15, -0.1) is 0 Å². The number of H-pyrrole nitrogens is 1. The molecule has 0 unspecified atom stereocenters. The molecule has 0 radical (unpaired) electrons. The molecule has 0 saturated heterocycles. The maximum Gasteiger partial charge on any atom is 0.274 e. The highest BCUT2D eigenvalue weighted by Crippen LogP contribution is 2.19. The van der Waals surface area contributed by atoms with Crippen LogP contribution in [0.25, 0.3) is 10.9 Å². The number of aryl methyl sites for hydroxylation is 1. The van der Waals surface area contributed by atoms with Gasteiger partial charge in [0.1, 0.15) is 5.69 Å². The Morgan fingerprint density at radius 2 is 1.84 bits per heavy atom. The molecule has 4 rings (SSSR count). The number of carbonyl (C=O) groups excluding carboxylic acids is 2. The number of aromatic nitrogens is 3. The molecule has 0 spiro atoms. The largest absolute Gasteiger partial charge is 0.284 e. The zero-order valence-electron chi connectivity index (χ0n) is 16.4. The van der Waals surface area contributed by atoms with E-state index in [9.17, 15) is 9.59 Å². The summed E-state index contributed by atoms with van der Waals surface area (Å²) < 4.78 is 0. The molecule has 0 aliphatic rings. The average Bonchev–Trinajstić information content (AvgIpc) is 3.24. The summed E-state index contributed by atoms with van der Waals surface area (Å²) in [7, 11) is 0. The quantitative estimate of drug-likeness (QED) is 0.336. The first-order chi connectivity index (χ1) is 15.0. The Balaban J connectivity index is 1.48. The van der Waals surface area contributed by atoms with Crippen LogP contribution >= 0.6 is 11.6 Å². The number of rotatable bonds is 2. The normalized spacial score (nSPS) is 10.3. The average molecular weight is 430 g/mol. The SMILES string of the molecule is Cc1cccc(Cl)c1C(=O)NNC(=O)c1c[nH]nc1C#Cc1cnc2ccccc2c1. The van der Waals surface area contributed by atoms with Crippen molar-refractivity contribution in [2.75, 3.05) is 0 Å². The number of hydrazine groups is 1. The van der Waals surface area contributed by atoms with Gasteiger partial charge >= 0.3 is 0 Å². The van der Waals surface area contributed by atoms with Crippen LogP contribution in [0.2, 0.25) is 5.02 Å². The van der Waals surface area contributed by atoms with Crippen LogP contribution in [0.4, 0.5) is 0 Å². The molecule has 0 saturated carbocycles. The summed E-state index contributed by atoms with van der Waals surface area (Å²) in [6.07, 6.45) is 3.07. The first-order valence-corrected chi connectivity index (χ1v) is 9.67. The summed E-state index contributed by atoms with van der Waals surface area (Å²) in [5, 5.41) is 7.90. The van der Waals surface area contributed by atoms with Crippen molar-refractivity contribution < 1.29 is 9.59 Å². The molecule has 2 amide bonds. The van der Waals surface area contributed by atoms with Gasteiger partial charge in [-0.05, 0) is 36.6 Å². The molecular formula is C23H16ClN5O2. The van der Waals surface area contributed by atoms with E-state index in [1.807, 2.05) is 30.3 Å². The van der Waals surface area contributed by atoms with Crippen molar-refractivity contribution in [3.05, 3.63) is 93.9 Å². The first-order valence-electron chi connectivity index (χ1n) is 9.29. The Morgan fingerprint density at radius 1 is 1.03 bits per heavy atom. The molecule has 31 heavy (non-hydrogen) atoms. The Kier molecular flexibility index (Phi) is 5.65. The number of hydrogen-bond acceptors (Lipinski definition) is 4. The van der Waals surface area contributed by atoms with Gasteiger partial charge in [-0.3, -0.25) is 30.5 Å². The molecular weight excluding hydrogens is 414 g/mol. The van der Waals surface area contributed by atoms with E-state index < -0.39 is 11.8 Å². The molecule has 2 heterocycles. The van der Waals surface area contributed by atoms with Crippen molar-refractivity contribution in [1.82, 2.24) is 26.0 Å². The predicted octanol–water partition coefficient (Wildman–Crippen LogP) is 3.39. The molecule has 3 N–H and O–H groups in total. The number of amides is 2. The highest BCUT2D eigenvalue weighted by Gasteiger charge is 2.17. The fourth-order valence-electron chi connectivity index (χ4n) is 2.99. The minimum absolute atomic E-state index is 0.192. The number of hydrogen-bond donors (Lipinski definition) is 3. The monoisotopic (exact) mass is 429 g/mol. The molecule has 2 aromatic heterocycles. The minimum Gasteiger partial charge on any atom is -0.284 e. The number of pyridine rings is 1. The number of carbonyl (C=O) groups is 2. The van der Waals surface area contributed by atoms with Gasteiger partial charge in [-0.2, -0.15) is 5.10 Å². The van der Waals surface area contributed by atoms with Crippen LogP contribution in [0.3, 0.4) is 0 Å². The molecule has 2 aromatic carbocycles. The zero-order chi connectivity index (χ0) is 21.8. The minimum atomic E-state index is -0.562. The third-order valence-electron chi connectivity index (χ3n) is 4.54. The number of halogens is 1. The maximum absolute atomic E-state index is 12.5. The number of fused-ring (bicyclic) bond motifs is 1. The van der Waals surface area contributed by atoms with Crippen LogP contribution < -0.4 is 10.9 Å². The number of nitrogens with one attached hydrogen (secondary N) is 3. The van der Waals surface area contributed by atoms with Gasteiger partial charge in [0.05, 0.1) is 21.7 Å². The van der Waals surface area contributed by atoms with Crippen LogP contribution in [-0.2, 0) is 0 Å². The Morgan fingerprint density at radius 3 is 2.68 bits per heavy atom. The third-order valence-corrected chi connectivity index (χ3v) is 4.85. The van der Waals surface area contributed by atoms with E-state index in [4.69, 9.17) is 11.6 Å². The fourth-order valence-corrected chi connectivity index (χ4v) is 3.30. The molecule has 8 heteroatoms. The summed E-state index contributed by atoms with van der Waals surface area (Å²) in [6, 6.07) is 14.7. The van der Waals surface area contributed by atoms with Crippen molar-refractivity contribution in [1.29, 1.82) is 0 Å². The summed E-state index contributed by atoms with van der Waals surface area (Å²) in [4.78, 5) is 29.3. The number of aromatic amines is 1. The number of para-hydroxylation sites is 1. The maximum atomic E-state index is 12.5. The van der Waals surface area contributed by atoms with Gasteiger partial charge in [0.15, 0.2) is 0 Å². The van der Waals surface area contributed by atoms with E-state index in [-0.39, 0.29) is 11.3 Å². The predicted molar refractivity (Wildman–Crippen MR) is 117 cm³/mol. The van der Waals surface area contributed by atoms with Crippen LogP contribution in [0.15, 0.2) is 60.9 Å². The van der Waals surface area contributed by atoms with Crippen molar-refractivity contribution in [2.45, 2.75) is 6.92 Å². The highest BCUT2D eigenvalue weighted by molar-refractivity contribution is 6.34. The van der Waals surface area contributed by atoms with Gasteiger partial charge in [0.2, 0.25) is 0 Å². The third kappa shape index (κ3) is 4.39. The summed E-state index contributed by atoms with van der Waals surface area (Å²) >= 11 is 6.09. The molecule has 7 nitrogen and oxygen atoms in total. The second kappa shape index (κ2) is 8.69. The lowest BCUT2D eigenvalue weighted by Crippen LogP contribution is -2.42. The summed E-state index contributed by atoms with van der Waals surface area (Å²) in [6.45, 7) is 1.76. The van der Waals surface area contributed by atoms with Gasteiger partial charge < -0.3 is 0 Å². The van der Waals surface area contributed by atoms with E-state index in [1.165, 1.54) is 6.20 Å². The standard InChI is InChI=1S/C23H16ClN5O2/c1-14-5-4-7-18(24)21(14)23(31)29-28-22(30)17-13-26-27-20(17)10-9-15-11-16-6-2-3-8-19(16)25-12-15/h2-8,11-13H,1H3,(H,26,27)(H,28,30)(H,29,31). The van der Waals surface area contributed by atoms with E-state index >= 15 is 0 Å². The van der Waals surface area contributed by atoms with E-state index in [2.05, 4.69) is 37.9 Å². The second-order valence-corrected chi connectivity index (χ2v) is 7.06. The highest BCUT2D eigenvalue weighted by atomic mass is 35.5. The van der Waals surface area contributed by atoms with Gasteiger partial charge in [-0.1, -0.05) is 47.9 Å². The van der Waals surface area contributed by atoms with Crippen molar-refractivity contribution in [2.24, 2.45) is 0 Å². The molecule has 0 atom stereocenters. The molecule has 0 bridgehead atoms. The number of benzene rings is 2. The first kappa shape index (κ1) is 20.1. The van der Waals surface area contributed by atoms with Gasteiger partial charge in [-0.25, -0.2) is 0 Å². The Hall–Kier alpha value is -4.15. The van der Waals surface area contributed by atoms with Crippen LogP contribution in [0.5, 0.6) is 0 Å². The van der Waals surface area contributed by atoms with E-state index in [1.54, 1.807) is 31.3 Å². The Labute approximate surface area is 182 Å². The summed E-state index contributed by atoms with van der Waals surface area (Å²) in [5.41, 5.74) is 7.71. The van der Waals surface area contributed by atoms with Gasteiger partial charge in [0.25, 0.3) is 11.8 Å². The van der Waals surface area contributed by atoms with E-state index in [0.717, 1.165) is 10.9 Å².